The summed E-state index contributed by atoms with van der Waals surface area (Å²) in [5.74, 6) is -2.79. The van der Waals surface area contributed by atoms with Gasteiger partial charge < -0.3 is 29.9 Å². The van der Waals surface area contributed by atoms with Gasteiger partial charge >= 0.3 is 23.9 Å². The third-order valence-corrected chi connectivity index (χ3v) is 3.43. The Morgan fingerprint density at radius 3 is 1.78 bits per heavy atom. The van der Waals surface area contributed by atoms with Crippen LogP contribution in [0.1, 0.15) is 78.6 Å². The van der Waals surface area contributed by atoms with E-state index in [0.29, 0.717) is 38.9 Å². The van der Waals surface area contributed by atoms with Gasteiger partial charge in [0.1, 0.15) is 0 Å². The van der Waals surface area contributed by atoms with Crippen LogP contribution in [0, 0.1) is 0 Å². The molecule has 0 radical (unpaired) electrons. The maximum atomic E-state index is 11.0. The maximum absolute atomic E-state index is 11.0. The molecule has 0 amide bonds. The number of aliphatic carboxylic acids is 2. The minimum Gasteiger partial charge on any atom is -0.481 e. The molecule has 188 valence electrons. The predicted octanol–water partition coefficient (Wildman–Crippen LogP) is 2.69. The fraction of sp³-hybridized carbons (Fsp3) is 0.727. The summed E-state index contributed by atoms with van der Waals surface area (Å²) < 4.78 is 9.55. The Labute approximate surface area is 190 Å². The van der Waals surface area contributed by atoms with E-state index < -0.39 is 17.9 Å². The molecule has 1 atom stereocenters. The summed E-state index contributed by atoms with van der Waals surface area (Å²) in [5.41, 5.74) is 0. The second-order valence-corrected chi connectivity index (χ2v) is 6.73. The highest BCUT2D eigenvalue weighted by atomic mass is 16.5. The van der Waals surface area contributed by atoms with Crippen molar-refractivity contribution in [2.45, 2.75) is 84.7 Å². The lowest BCUT2D eigenvalue weighted by molar-refractivity contribution is -0.144. The van der Waals surface area contributed by atoms with E-state index in [2.05, 4.69) is 4.74 Å². The van der Waals surface area contributed by atoms with Gasteiger partial charge in [0.15, 0.2) is 0 Å². The Morgan fingerprint density at radius 1 is 0.844 bits per heavy atom. The number of carbonyl (C=O) groups is 4. The van der Waals surface area contributed by atoms with Crippen molar-refractivity contribution in [3.63, 3.8) is 0 Å². The zero-order valence-corrected chi connectivity index (χ0v) is 19.5. The number of aliphatic hydroxyl groups excluding tert-OH is 2. The molecule has 0 saturated carbocycles. The first-order valence-corrected chi connectivity index (χ1v) is 10.8. The van der Waals surface area contributed by atoms with Gasteiger partial charge in [0.25, 0.3) is 0 Å². The highest BCUT2D eigenvalue weighted by Gasteiger charge is 2.03. The summed E-state index contributed by atoms with van der Waals surface area (Å²) in [4.78, 5) is 41.7. The van der Waals surface area contributed by atoms with E-state index >= 15 is 0 Å². The Balaban J connectivity index is -0.000000425. The number of aliphatic hydroxyl groups is 2. The molecule has 32 heavy (non-hydrogen) atoms. The summed E-state index contributed by atoms with van der Waals surface area (Å²) >= 11 is 0. The van der Waals surface area contributed by atoms with E-state index in [9.17, 15) is 19.2 Å². The van der Waals surface area contributed by atoms with Gasteiger partial charge in [-0.05, 0) is 39.0 Å². The van der Waals surface area contributed by atoms with Crippen LogP contribution in [0.2, 0.25) is 0 Å². The molecule has 1 unspecified atom stereocenters. The monoisotopic (exact) mass is 464 g/mol. The lowest BCUT2D eigenvalue weighted by atomic mass is 10.2. The number of carboxylic acid groups (broad SMARTS) is 2. The van der Waals surface area contributed by atoms with E-state index in [1.165, 1.54) is 0 Å². The third-order valence-electron chi connectivity index (χ3n) is 3.43. The van der Waals surface area contributed by atoms with E-state index in [1.807, 2.05) is 13.8 Å². The van der Waals surface area contributed by atoms with Crippen LogP contribution in [0.25, 0.3) is 0 Å². The molecule has 0 aliphatic rings. The average Bonchev–Trinajstić information content (AvgIpc) is 2.71. The smallest absolute Gasteiger partial charge is 0.331 e. The molecule has 0 heterocycles. The quantitative estimate of drug-likeness (QED) is 0.161. The van der Waals surface area contributed by atoms with Gasteiger partial charge in [-0.2, -0.15) is 0 Å². The van der Waals surface area contributed by atoms with Crippen molar-refractivity contribution in [2.24, 2.45) is 0 Å². The predicted molar refractivity (Wildman–Crippen MR) is 118 cm³/mol. The van der Waals surface area contributed by atoms with Gasteiger partial charge in [0.05, 0.1) is 19.3 Å². The van der Waals surface area contributed by atoms with Crippen LogP contribution in [-0.4, -0.2) is 70.2 Å². The summed E-state index contributed by atoms with van der Waals surface area (Å²) in [6.45, 7) is 6.56. The van der Waals surface area contributed by atoms with Crippen LogP contribution in [0.3, 0.4) is 0 Å². The fourth-order valence-corrected chi connectivity index (χ4v) is 1.64. The molecule has 0 fully saturated rings. The summed E-state index contributed by atoms with van der Waals surface area (Å²) in [7, 11) is 0. The van der Waals surface area contributed by atoms with Gasteiger partial charge in [0.2, 0.25) is 0 Å². The Morgan fingerprint density at radius 2 is 1.38 bits per heavy atom. The van der Waals surface area contributed by atoms with Gasteiger partial charge in [-0.1, -0.05) is 26.7 Å². The fourth-order valence-electron chi connectivity index (χ4n) is 1.64. The molecule has 0 aromatic carbocycles. The van der Waals surface area contributed by atoms with Crippen molar-refractivity contribution < 1.29 is 49.1 Å². The van der Waals surface area contributed by atoms with Crippen molar-refractivity contribution in [1.29, 1.82) is 0 Å². The molecule has 0 bridgehead atoms. The van der Waals surface area contributed by atoms with Crippen molar-refractivity contribution in [1.82, 2.24) is 0 Å². The molecule has 0 saturated heterocycles. The summed E-state index contributed by atoms with van der Waals surface area (Å²) in [6, 6.07) is 0. The lowest BCUT2D eigenvalue weighted by Gasteiger charge is -2.02. The lowest BCUT2D eigenvalue weighted by Crippen LogP contribution is -2.05. The normalized spacial score (nSPS) is 10.8. The first kappa shape index (κ1) is 34.2. The number of unbranched alkanes of at least 4 members (excludes halogenated alkanes) is 3. The molecular formula is C22H40O10. The molecule has 0 aromatic rings. The number of hydrogen-bond acceptors (Lipinski definition) is 8. The van der Waals surface area contributed by atoms with Gasteiger partial charge in [-0.25, -0.2) is 9.59 Å². The molecule has 4 N–H and O–H groups in total. The molecule has 0 spiro atoms. The summed E-state index contributed by atoms with van der Waals surface area (Å²) in [6.07, 6.45) is 7.02. The SMILES string of the molecule is CC(O)CCO.CCCCOC(=O)C=CC(=O)O.CCCCOC(=O)CCCCC(=O)O. The van der Waals surface area contributed by atoms with Crippen LogP contribution in [0.4, 0.5) is 0 Å². The topological polar surface area (TPSA) is 168 Å². The minimum atomic E-state index is -1.15. The molecule has 0 aromatic heterocycles. The molecule has 10 heteroatoms. The Kier molecular flexibility index (Phi) is 28.4. The molecule has 0 aliphatic carbocycles. The number of ether oxygens (including phenoxy) is 2. The van der Waals surface area contributed by atoms with Crippen LogP contribution >= 0.6 is 0 Å². The van der Waals surface area contributed by atoms with Crippen molar-refractivity contribution in [2.75, 3.05) is 19.8 Å². The molecule has 0 rings (SSSR count). The van der Waals surface area contributed by atoms with E-state index in [1.54, 1.807) is 6.92 Å². The van der Waals surface area contributed by atoms with E-state index in [4.69, 9.17) is 25.2 Å². The van der Waals surface area contributed by atoms with Crippen molar-refractivity contribution in [3.8, 4) is 0 Å². The molecule has 10 nitrogen and oxygen atoms in total. The summed E-state index contributed by atoms with van der Waals surface area (Å²) in [5, 5.41) is 32.9. The van der Waals surface area contributed by atoms with Crippen LogP contribution in [-0.2, 0) is 28.7 Å². The number of esters is 2. The second-order valence-electron chi connectivity index (χ2n) is 6.73. The zero-order valence-electron chi connectivity index (χ0n) is 19.5. The number of carbonyl (C=O) groups excluding carboxylic acids is 2. The molecule has 0 aliphatic heterocycles. The van der Waals surface area contributed by atoms with Crippen LogP contribution in [0.15, 0.2) is 12.2 Å². The highest BCUT2D eigenvalue weighted by molar-refractivity contribution is 5.90. The zero-order chi connectivity index (χ0) is 25.2. The number of hydrogen-bond donors (Lipinski definition) is 4. The van der Waals surface area contributed by atoms with Crippen LogP contribution in [0.5, 0.6) is 0 Å². The Hall–Kier alpha value is -2.46. The minimum absolute atomic E-state index is 0.0810. The maximum Gasteiger partial charge on any atom is 0.331 e. The standard InChI is InChI=1S/C10H18O4.C8H12O4.C4H10O2/c1-2-3-8-14-10(13)7-5-4-6-9(11)12;1-2-3-6-12-8(11)5-4-7(9)10;1-4(6)2-3-5/h2-8H2,1H3,(H,11,12);4-5H,2-3,6H2,1H3,(H,9,10);4-6H,2-3H2,1H3. The number of carboxylic acids is 2. The van der Waals surface area contributed by atoms with Gasteiger partial charge in [-0.3, -0.25) is 9.59 Å². The van der Waals surface area contributed by atoms with Crippen molar-refractivity contribution >= 4 is 23.9 Å². The van der Waals surface area contributed by atoms with E-state index in [0.717, 1.165) is 37.8 Å². The van der Waals surface area contributed by atoms with Crippen LogP contribution < -0.4 is 0 Å². The first-order chi connectivity index (χ1) is 15.1. The van der Waals surface area contributed by atoms with Gasteiger partial charge in [-0.15, -0.1) is 0 Å². The Bertz CT molecular complexity index is 515. The highest BCUT2D eigenvalue weighted by Crippen LogP contribution is 2.02. The van der Waals surface area contributed by atoms with Crippen molar-refractivity contribution in [3.05, 3.63) is 12.2 Å². The third kappa shape index (κ3) is 38.2. The van der Waals surface area contributed by atoms with E-state index in [-0.39, 0.29) is 25.1 Å². The second kappa shape index (κ2) is 26.6. The molecular weight excluding hydrogens is 424 g/mol. The largest absolute Gasteiger partial charge is 0.481 e. The number of rotatable bonds is 15. The van der Waals surface area contributed by atoms with Gasteiger partial charge in [0, 0.05) is 31.6 Å². The first-order valence-electron chi connectivity index (χ1n) is 10.8. The average molecular weight is 465 g/mol.